The largest absolute Gasteiger partial charge is 0.392 e. The fourth-order valence-electron chi connectivity index (χ4n) is 2.82. The van der Waals surface area contributed by atoms with Gasteiger partial charge < -0.3 is 5.11 Å². The molecule has 0 aromatic heterocycles. The van der Waals surface area contributed by atoms with Gasteiger partial charge in [0.2, 0.25) is 0 Å². The maximum Gasteiger partial charge on any atom is 0.264 e. The van der Waals surface area contributed by atoms with Crippen molar-refractivity contribution in [3.05, 3.63) is 58.1 Å². The van der Waals surface area contributed by atoms with Gasteiger partial charge in [-0.3, -0.25) is 4.31 Å². The van der Waals surface area contributed by atoms with Gasteiger partial charge in [0.25, 0.3) is 10.0 Å². The van der Waals surface area contributed by atoms with Crippen LogP contribution in [-0.2, 0) is 16.6 Å². The van der Waals surface area contributed by atoms with Crippen LogP contribution in [0.4, 0.5) is 5.69 Å². The predicted octanol–water partition coefficient (Wildman–Crippen LogP) is 5.26. The summed E-state index contributed by atoms with van der Waals surface area (Å²) < 4.78 is 28.1. The maximum atomic E-state index is 13.4. The molecule has 1 N–H and O–H groups in total. The molecule has 2 rings (SSSR count). The molecule has 26 heavy (non-hydrogen) atoms. The van der Waals surface area contributed by atoms with E-state index in [4.69, 9.17) is 23.2 Å². The monoisotopic (exact) mass is 415 g/mol. The van der Waals surface area contributed by atoms with Crippen molar-refractivity contribution in [1.82, 2.24) is 0 Å². The smallest absolute Gasteiger partial charge is 0.264 e. The molecule has 0 amide bonds. The molecule has 0 radical (unpaired) electrons. The Morgan fingerprint density at radius 1 is 1.08 bits per heavy atom. The van der Waals surface area contributed by atoms with E-state index in [9.17, 15) is 13.5 Å². The molecule has 1 atom stereocenters. The quantitative estimate of drug-likeness (QED) is 0.639. The zero-order valence-electron chi connectivity index (χ0n) is 14.8. The van der Waals surface area contributed by atoms with E-state index >= 15 is 0 Å². The molecule has 0 saturated heterocycles. The highest BCUT2D eigenvalue weighted by Gasteiger charge is 2.31. The standard InChI is InChI=1S/C19H23Cl2NO3S/c1-3-4-5-14(2)22(19-12-17(21)7-6-15(19)13-23)26(24,25)18-10-8-16(20)9-11-18/h6-12,14,23H,3-5,13H2,1-2H3/t14-/m1/s1. The van der Waals surface area contributed by atoms with Gasteiger partial charge in [-0.25, -0.2) is 8.42 Å². The van der Waals surface area contributed by atoms with Crippen LogP contribution in [0.3, 0.4) is 0 Å². The highest BCUT2D eigenvalue weighted by Crippen LogP contribution is 2.33. The second-order valence-corrected chi connectivity index (χ2v) is 8.86. The first-order valence-corrected chi connectivity index (χ1v) is 10.7. The van der Waals surface area contributed by atoms with Crippen LogP contribution in [0.25, 0.3) is 0 Å². The highest BCUT2D eigenvalue weighted by atomic mass is 35.5. The Morgan fingerprint density at radius 3 is 2.27 bits per heavy atom. The lowest BCUT2D eigenvalue weighted by Crippen LogP contribution is -2.39. The first-order chi connectivity index (χ1) is 12.3. The third kappa shape index (κ3) is 4.71. The summed E-state index contributed by atoms with van der Waals surface area (Å²) in [5.41, 5.74) is 0.911. The van der Waals surface area contributed by atoms with E-state index < -0.39 is 10.0 Å². The lowest BCUT2D eigenvalue weighted by molar-refractivity contribution is 0.282. The number of nitrogens with zero attached hydrogens (tertiary/aromatic N) is 1. The molecule has 0 bridgehead atoms. The lowest BCUT2D eigenvalue weighted by atomic mass is 10.1. The van der Waals surface area contributed by atoms with Gasteiger partial charge in [0.05, 0.1) is 17.2 Å². The summed E-state index contributed by atoms with van der Waals surface area (Å²) in [6.07, 6.45) is 2.55. The van der Waals surface area contributed by atoms with E-state index in [-0.39, 0.29) is 17.5 Å². The molecule has 4 nitrogen and oxygen atoms in total. The Morgan fingerprint density at radius 2 is 1.69 bits per heavy atom. The number of benzene rings is 2. The molecule has 7 heteroatoms. The number of aliphatic hydroxyl groups is 1. The number of aliphatic hydroxyl groups excluding tert-OH is 1. The van der Waals surface area contributed by atoms with Crippen molar-refractivity contribution in [3.8, 4) is 0 Å². The maximum absolute atomic E-state index is 13.4. The van der Waals surface area contributed by atoms with E-state index in [1.54, 1.807) is 30.3 Å². The average Bonchev–Trinajstić information content (AvgIpc) is 2.60. The molecule has 0 aliphatic heterocycles. The van der Waals surface area contributed by atoms with Crippen molar-refractivity contribution in [2.24, 2.45) is 0 Å². The Hall–Kier alpha value is -1.27. The third-order valence-corrected chi connectivity index (χ3v) is 6.63. The number of anilines is 1. The zero-order chi connectivity index (χ0) is 19.3. The van der Waals surface area contributed by atoms with Gasteiger partial charge in [-0.15, -0.1) is 0 Å². The molecule has 0 spiro atoms. The Kier molecular flexibility index (Phi) is 7.35. The number of unbranched alkanes of at least 4 members (excludes halogenated alkanes) is 1. The van der Waals surface area contributed by atoms with Crippen molar-refractivity contribution in [1.29, 1.82) is 0 Å². The molecule has 2 aromatic rings. The molecule has 0 heterocycles. The molecular weight excluding hydrogens is 393 g/mol. The van der Waals surface area contributed by atoms with Crippen LogP contribution in [0.1, 0.15) is 38.7 Å². The number of halogens is 2. The van der Waals surface area contributed by atoms with Crippen LogP contribution in [0, 0.1) is 0 Å². The van der Waals surface area contributed by atoms with Gasteiger partial charge in [0.1, 0.15) is 0 Å². The molecule has 0 aliphatic carbocycles. The SMILES string of the molecule is CCCC[C@@H](C)N(c1cc(Cl)ccc1CO)S(=O)(=O)c1ccc(Cl)cc1. The second kappa shape index (κ2) is 9.09. The average molecular weight is 416 g/mol. The Labute approximate surface area is 165 Å². The molecule has 142 valence electrons. The van der Waals surface area contributed by atoms with Crippen LogP contribution in [0.2, 0.25) is 10.0 Å². The van der Waals surface area contributed by atoms with Gasteiger partial charge in [0.15, 0.2) is 0 Å². The minimum absolute atomic E-state index is 0.147. The second-order valence-electron chi connectivity index (χ2n) is 6.18. The Balaban J connectivity index is 2.61. The fourth-order valence-corrected chi connectivity index (χ4v) is 4.82. The summed E-state index contributed by atoms with van der Waals surface area (Å²) in [5.74, 6) is 0. The zero-order valence-corrected chi connectivity index (χ0v) is 17.2. The first-order valence-electron chi connectivity index (χ1n) is 8.50. The van der Waals surface area contributed by atoms with Crippen LogP contribution in [0.5, 0.6) is 0 Å². The number of hydrogen-bond acceptors (Lipinski definition) is 3. The summed E-state index contributed by atoms with van der Waals surface area (Å²) in [6.45, 7) is 3.65. The number of sulfonamides is 1. The van der Waals surface area contributed by atoms with Crippen LogP contribution >= 0.6 is 23.2 Å². The summed E-state index contributed by atoms with van der Waals surface area (Å²) in [5, 5.41) is 10.6. The van der Waals surface area contributed by atoms with Crippen LogP contribution < -0.4 is 4.31 Å². The molecule has 0 unspecified atom stereocenters. The van der Waals surface area contributed by atoms with Gasteiger partial charge in [-0.05, 0) is 49.7 Å². The first kappa shape index (κ1) is 21.0. The van der Waals surface area contributed by atoms with Crippen LogP contribution in [0.15, 0.2) is 47.4 Å². The van der Waals surface area contributed by atoms with E-state index in [0.717, 1.165) is 12.8 Å². The van der Waals surface area contributed by atoms with Gasteiger partial charge in [0, 0.05) is 21.7 Å². The topological polar surface area (TPSA) is 57.6 Å². The fraction of sp³-hybridized carbons (Fsp3) is 0.368. The van der Waals surface area contributed by atoms with Crippen LogP contribution in [-0.4, -0.2) is 19.6 Å². The molecule has 0 aliphatic rings. The van der Waals surface area contributed by atoms with Crippen molar-refractivity contribution < 1.29 is 13.5 Å². The summed E-state index contributed by atoms with van der Waals surface area (Å²) in [7, 11) is -3.84. The summed E-state index contributed by atoms with van der Waals surface area (Å²) in [4.78, 5) is 0.147. The minimum Gasteiger partial charge on any atom is -0.392 e. The van der Waals surface area contributed by atoms with E-state index in [1.165, 1.54) is 16.4 Å². The molecule has 0 saturated carbocycles. The third-order valence-electron chi connectivity index (χ3n) is 4.20. The van der Waals surface area contributed by atoms with Crippen molar-refractivity contribution in [2.45, 2.75) is 50.7 Å². The van der Waals surface area contributed by atoms with Gasteiger partial charge in [-0.2, -0.15) is 0 Å². The van der Waals surface area contributed by atoms with E-state index in [1.807, 2.05) is 6.92 Å². The normalized spacial score (nSPS) is 12.8. The number of rotatable bonds is 8. The van der Waals surface area contributed by atoms with Crippen molar-refractivity contribution >= 4 is 38.9 Å². The minimum atomic E-state index is -3.84. The van der Waals surface area contributed by atoms with Gasteiger partial charge >= 0.3 is 0 Å². The lowest BCUT2D eigenvalue weighted by Gasteiger charge is -2.32. The molecule has 0 fully saturated rings. The van der Waals surface area contributed by atoms with Crippen molar-refractivity contribution in [2.75, 3.05) is 4.31 Å². The van der Waals surface area contributed by atoms with E-state index in [0.29, 0.717) is 27.7 Å². The molecule has 2 aromatic carbocycles. The summed E-state index contributed by atoms with van der Waals surface area (Å²) >= 11 is 12.0. The predicted molar refractivity (Wildman–Crippen MR) is 107 cm³/mol. The van der Waals surface area contributed by atoms with Gasteiger partial charge in [-0.1, -0.05) is 49.0 Å². The highest BCUT2D eigenvalue weighted by molar-refractivity contribution is 7.92. The van der Waals surface area contributed by atoms with Crippen molar-refractivity contribution in [3.63, 3.8) is 0 Å². The summed E-state index contributed by atoms with van der Waals surface area (Å²) in [6, 6.07) is 10.7. The van der Waals surface area contributed by atoms with E-state index in [2.05, 4.69) is 6.92 Å². The molecular formula is C19H23Cl2NO3S. The Bertz CT molecular complexity index is 838. The number of hydrogen-bond donors (Lipinski definition) is 1.